The maximum absolute atomic E-state index is 11.8. The molecule has 0 unspecified atom stereocenters. The van der Waals surface area contributed by atoms with Gasteiger partial charge < -0.3 is 15.7 Å². The van der Waals surface area contributed by atoms with Crippen molar-refractivity contribution in [2.24, 2.45) is 5.73 Å². The number of carboxylic acids is 1. The van der Waals surface area contributed by atoms with Crippen LogP contribution in [-0.2, 0) is 9.59 Å². The maximum Gasteiger partial charge on any atom is 0.326 e. The molecule has 1 saturated heterocycles. The molecule has 1 aliphatic rings. The van der Waals surface area contributed by atoms with Crippen molar-refractivity contribution in [2.75, 3.05) is 6.54 Å². The van der Waals surface area contributed by atoms with Crippen LogP contribution >= 0.6 is 0 Å². The molecule has 1 aliphatic heterocycles. The molecule has 0 aromatic heterocycles. The summed E-state index contributed by atoms with van der Waals surface area (Å²) in [4.78, 5) is 24.2. The first-order valence-electron chi connectivity index (χ1n) is 5.62. The summed E-state index contributed by atoms with van der Waals surface area (Å²) in [6.45, 7) is 4.28. The summed E-state index contributed by atoms with van der Waals surface area (Å²) in [6, 6.07) is -0.631. The Bertz CT molecular complexity index is 283. The van der Waals surface area contributed by atoms with Gasteiger partial charge >= 0.3 is 5.97 Å². The zero-order chi connectivity index (χ0) is 12.3. The highest BCUT2D eigenvalue weighted by Gasteiger charge is 2.33. The summed E-state index contributed by atoms with van der Waals surface area (Å²) < 4.78 is 0. The third-order valence-electron chi connectivity index (χ3n) is 2.84. The molecule has 0 spiro atoms. The number of nitrogens with two attached hydrogens (primary N) is 1. The van der Waals surface area contributed by atoms with Crippen LogP contribution in [0.1, 0.15) is 39.5 Å². The number of hydrogen-bond acceptors (Lipinski definition) is 3. The van der Waals surface area contributed by atoms with Gasteiger partial charge in [-0.15, -0.1) is 0 Å². The van der Waals surface area contributed by atoms with Crippen LogP contribution in [0.3, 0.4) is 0 Å². The standard InChI is InChI=1S/C11H20N2O3/c1-11(2,12)6-5-9(14)13-7-3-4-8(13)10(15)16/h8H,3-7,12H2,1-2H3,(H,15,16)/t8-/m1/s1. The molecule has 1 heterocycles. The van der Waals surface area contributed by atoms with Crippen molar-refractivity contribution >= 4 is 11.9 Å². The monoisotopic (exact) mass is 228 g/mol. The lowest BCUT2D eigenvalue weighted by molar-refractivity contribution is -0.148. The van der Waals surface area contributed by atoms with E-state index in [1.807, 2.05) is 13.8 Å². The quantitative estimate of drug-likeness (QED) is 0.737. The molecular formula is C11H20N2O3. The smallest absolute Gasteiger partial charge is 0.326 e. The zero-order valence-electron chi connectivity index (χ0n) is 9.90. The van der Waals surface area contributed by atoms with Gasteiger partial charge in [-0.1, -0.05) is 0 Å². The predicted molar refractivity (Wildman–Crippen MR) is 59.9 cm³/mol. The Balaban J connectivity index is 2.50. The van der Waals surface area contributed by atoms with E-state index >= 15 is 0 Å². The van der Waals surface area contributed by atoms with Gasteiger partial charge in [-0.3, -0.25) is 4.79 Å². The first-order valence-corrected chi connectivity index (χ1v) is 5.62. The molecule has 0 aliphatic carbocycles. The molecule has 1 atom stereocenters. The van der Waals surface area contributed by atoms with Crippen molar-refractivity contribution in [3.63, 3.8) is 0 Å². The Morgan fingerprint density at radius 2 is 2.12 bits per heavy atom. The molecule has 5 nitrogen and oxygen atoms in total. The number of nitrogens with zero attached hydrogens (tertiary/aromatic N) is 1. The molecular weight excluding hydrogens is 208 g/mol. The SMILES string of the molecule is CC(C)(N)CCC(=O)N1CCC[C@@H]1C(=O)O. The Morgan fingerprint density at radius 1 is 1.50 bits per heavy atom. The first kappa shape index (κ1) is 13.0. The van der Waals surface area contributed by atoms with E-state index in [1.54, 1.807) is 0 Å². The number of likely N-dealkylation sites (tertiary alicyclic amines) is 1. The minimum atomic E-state index is -0.905. The van der Waals surface area contributed by atoms with Gasteiger partial charge in [0.2, 0.25) is 5.91 Å². The topological polar surface area (TPSA) is 83.6 Å². The summed E-state index contributed by atoms with van der Waals surface area (Å²) in [5, 5.41) is 8.94. The fraction of sp³-hybridized carbons (Fsp3) is 0.818. The second-order valence-electron chi connectivity index (χ2n) is 5.07. The van der Waals surface area contributed by atoms with Crippen LogP contribution in [0.25, 0.3) is 0 Å². The van der Waals surface area contributed by atoms with Gasteiger partial charge in [0, 0.05) is 18.5 Å². The molecule has 3 N–H and O–H groups in total. The Morgan fingerprint density at radius 3 is 2.62 bits per heavy atom. The minimum Gasteiger partial charge on any atom is -0.480 e. The molecule has 0 saturated carbocycles. The molecule has 5 heteroatoms. The average molecular weight is 228 g/mol. The summed E-state index contributed by atoms with van der Waals surface area (Å²) in [7, 11) is 0. The number of carbonyl (C=O) groups excluding carboxylic acids is 1. The van der Waals surface area contributed by atoms with Crippen LogP contribution in [0.5, 0.6) is 0 Å². The fourth-order valence-electron chi connectivity index (χ4n) is 1.89. The highest BCUT2D eigenvalue weighted by atomic mass is 16.4. The molecule has 0 radical (unpaired) electrons. The summed E-state index contributed by atoms with van der Waals surface area (Å²) in [5.74, 6) is -0.999. The molecule has 92 valence electrons. The second-order valence-corrected chi connectivity index (χ2v) is 5.07. The van der Waals surface area contributed by atoms with Crippen LogP contribution in [0.4, 0.5) is 0 Å². The highest BCUT2D eigenvalue weighted by molar-refractivity contribution is 5.84. The molecule has 1 rings (SSSR count). The van der Waals surface area contributed by atoms with Crippen molar-refractivity contribution in [1.82, 2.24) is 4.90 Å². The van der Waals surface area contributed by atoms with Gasteiger partial charge in [0.15, 0.2) is 0 Å². The summed E-state index contributed by atoms with van der Waals surface area (Å²) >= 11 is 0. The van der Waals surface area contributed by atoms with E-state index in [4.69, 9.17) is 10.8 Å². The minimum absolute atomic E-state index is 0.0941. The van der Waals surface area contributed by atoms with Gasteiger partial charge in [0.25, 0.3) is 0 Å². The van der Waals surface area contributed by atoms with Crippen molar-refractivity contribution in [2.45, 2.75) is 51.1 Å². The van der Waals surface area contributed by atoms with E-state index in [0.717, 1.165) is 6.42 Å². The highest BCUT2D eigenvalue weighted by Crippen LogP contribution is 2.20. The molecule has 1 fully saturated rings. The van der Waals surface area contributed by atoms with Crippen molar-refractivity contribution in [3.8, 4) is 0 Å². The number of carboxylic acid groups (broad SMARTS) is 1. The second kappa shape index (κ2) is 4.82. The maximum atomic E-state index is 11.8. The van der Waals surface area contributed by atoms with Crippen molar-refractivity contribution < 1.29 is 14.7 Å². The van der Waals surface area contributed by atoms with Crippen LogP contribution in [0.15, 0.2) is 0 Å². The largest absolute Gasteiger partial charge is 0.480 e. The van der Waals surface area contributed by atoms with Crippen LogP contribution < -0.4 is 5.73 Å². The van der Waals surface area contributed by atoms with E-state index in [9.17, 15) is 9.59 Å². The lowest BCUT2D eigenvalue weighted by Gasteiger charge is -2.24. The van der Waals surface area contributed by atoms with E-state index in [2.05, 4.69) is 0 Å². The van der Waals surface area contributed by atoms with Gasteiger partial charge in [-0.05, 0) is 33.1 Å². The van der Waals surface area contributed by atoms with Gasteiger partial charge in [0.1, 0.15) is 6.04 Å². The third-order valence-corrected chi connectivity index (χ3v) is 2.84. The molecule has 0 aromatic carbocycles. The lowest BCUT2D eigenvalue weighted by Crippen LogP contribution is -2.41. The number of carbonyl (C=O) groups is 2. The van der Waals surface area contributed by atoms with Gasteiger partial charge in [-0.25, -0.2) is 4.79 Å². The molecule has 1 amide bonds. The van der Waals surface area contributed by atoms with Gasteiger partial charge in [-0.2, -0.15) is 0 Å². The normalized spacial score (nSPS) is 21.2. The van der Waals surface area contributed by atoms with Gasteiger partial charge in [0.05, 0.1) is 0 Å². The van der Waals surface area contributed by atoms with Crippen molar-refractivity contribution in [3.05, 3.63) is 0 Å². The number of amides is 1. The number of hydrogen-bond donors (Lipinski definition) is 2. The van der Waals surface area contributed by atoms with E-state index in [0.29, 0.717) is 25.8 Å². The van der Waals surface area contributed by atoms with Crippen LogP contribution in [0.2, 0.25) is 0 Å². The fourth-order valence-corrected chi connectivity index (χ4v) is 1.89. The Kier molecular flexibility index (Phi) is 3.91. The van der Waals surface area contributed by atoms with E-state index in [1.165, 1.54) is 4.90 Å². The lowest BCUT2D eigenvalue weighted by atomic mass is 9.99. The predicted octanol–water partition coefficient (Wildman–Crippen LogP) is 0.579. The average Bonchev–Trinajstić information content (AvgIpc) is 2.61. The Hall–Kier alpha value is -1.10. The van der Waals surface area contributed by atoms with E-state index < -0.39 is 12.0 Å². The van der Waals surface area contributed by atoms with Crippen molar-refractivity contribution in [1.29, 1.82) is 0 Å². The zero-order valence-corrected chi connectivity index (χ0v) is 9.90. The Labute approximate surface area is 95.6 Å². The molecule has 16 heavy (non-hydrogen) atoms. The summed E-state index contributed by atoms with van der Waals surface area (Å²) in [6.07, 6.45) is 2.24. The van der Waals surface area contributed by atoms with E-state index in [-0.39, 0.29) is 11.4 Å². The summed E-state index contributed by atoms with van der Waals surface area (Å²) in [5.41, 5.74) is 5.41. The van der Waals surface area contributed by atoms with Crippen LogP contribution in [0, 0.1) is 0 Å². The number of rotatable bonds is 4. The third kappa shape index (κ3) is 3.48. The molecule has 0 bridgehead atoms. The molecule has 0 aromatic rings. The number of aliphatic carboxylic acids is 1. The first-order chi connectivity index (χ1) is 7.31. The van der Waals surface area contributed by atoms with Crippen LogP contribution in [-0.4, -0.2) is 40.0 Å².